The first kappa shape index (κ1) is 13.1. The van der Waals surface area contributed by atoms with E-state index in [9.17, 15) is 9.50 Å². The maximum atomic E-state index is 12.9. The second-order valence-electron chi connectivity index (χ2n) is 3.90. The minimum atomic E-state index is -0.263. The lowest BCUT2D eigenvalue weighted by atomic mass is 10.1. The summed E-state index contributed by atoms with van der Waals surface area (Å²) in [4.78, 5) is 0. The Balaban J connectivity index is 2.11. The van der Waals surface area contributed by atoms with E-state index in [1.165, 1.54) is 12.1 Å². The topological polar surface area (TPSA) is 32.3 Å². The minimum Gasteiger partial charge on any atom is -0.392 e. The molecule has 2 aromatic carbocycles. The Hall–Kier alpha value is -1.39. The predicted molar refractivity (Wildman–Crippen MR) is 73.8 cm³/mol. The highest BCUT2D eigenvalue weighted by Gasteiger charge is 2.03. The third-order valence-electron chi connectivity index (χ3n) is 2.67. The third kappa shape index (κ3) is 3.09. The summed E-state index contributed by atoms with van der Waals surface area (Å²) < 4.78 is 13.7. The monoisotopic (exact) mass is 309 g/mol. The fourth-order valence-corrected chi connectivity index (χ4v) is 2.18. The van der Waals surface area contributed by atoms with Gasteiger partial charge < -0.3 is 10.4 Å². The van der Waals surface area contributed by atoms with E-state index >= 15 is 0 Å². The number of halogens is 2. The standard InChI is InChI=1S/C14H13BrFNO/c15-13-7-12(16)6-5-10(13)8-17-14-4-2-1-3-11(14)9-18/h1-7,17-18H,8-9H2. The molecular formula is C14H13BrFNO. The quantitative estimate of drug-likeness (QED) is 0.902. The van der Waals surface area contributed by atoms with Crippen LogP contribution in [0.4, 0.5) is 10.1 Å². The van der Waals surface area contributed by atoms with Crippen LogP contribution >= 0.6 is 15.9 Å². The molecule has 2 rings (SSSR count). The van der Waals surface area contributed by atoms with Gasteiger partial charge in [0, 0.05) is 22.3 Å². The SMILES string of the molecule is OCc1ccccc1NCc1ccc(F)cc1Br. The second-order valence-corrected chi connectivity index (χ2v) is 4.76. The molecule has 18 heavy (non-hydrogen) atoms. The van der Waals surface area contributed by atoms with Crippen LogP contribution in [0.3, 0.4) is 0 Å². The highest BCUT2D eigenvalue weighted by atomic mass is 79.9. The molecule has 2 N–H and O–H groups in total. The Labute approximate surface area is 114 Å². The van der Waals surface area contributed by atoms with Crippen molar-refractivity contribution in [2.75, 3.05) is 5.32 Å². The smallest absolute Gasteiger partial charge is 0.124 e. The normalized spacial score (nSPS) is 10.4. The number of anilines is 1. The average Bonchev–Trinajstić information content (AvgIpc) is 2.38. The fraction of sp³-hybridized carbons (Fsp3) is 0.143. The lowest BCUT2D eigenvalue weighted by Gasteiger charge is -2.11. The molecule has 4 heteroatoms. The first-order valence-corrected chi connectivity index (χ1v) is 6.36. The Bertz CT molecular complexity index is 545. The Morgan fingerprint density at radius 3 is 2.61 bits per heavy atom. The third-order valence-corrected chi connectivity index (χ3v) is 3.41. The van der Waals surface area contributed by atoms with E-state index in [1.807, 2.05) is 24.3 Å². The van der Waals surface area contributed by atoms with E-state index in [0.29, 0.717) is 6.54 Å². The maximum absolute atomic E-state index is 12.9. The maximum Gasteiger partial charge on any atom is 0.124 e. The summed E-state index contributed by atoms with van der Waals surface area (Å²) in [6.45, 7) is 0.561. The zero-order valence-corrected chi connectivity index (χ0v) is 11.2. The van der Waals surface area contributed by atoms with Gasteiger partial charge >= 0.3 is 0 Å². The van der Waals surface area contributed by atoms with Crippen molar-refractivity contribution >= 4 is 21.6 Å². The van der Waals surface area contributed by atoms with E-state index < -0.39 is 0 Å². The van der Waals surface area contributed by atoms with Crippen molar-refractivity contribution in [2.45, 2.75) is 13.2 Å². The van der Waals surface area contributed by atoms with Crippen molar-refractivity contribution in [3.05, 3.63) is 63.9 Å². The number of benzene rings is 2. The molecule has 0 spiro atoms. The molecule has 0 aliphatic carbocycles. The van der Waals surface area contributed by atoms with Gasteiger partial charge in [0.2, 0.25) is 0 Å². The summed E-state index contributed by atoms with van der Waals surface area (Å²) in [6.07, 6.45) is 0. The largest absolute Gasteiger partial charge is 0.392 e. The number of hydrogen-bond acceptors (Lipinski definition) is 2. The molecule has 0 radical (unpaired) electrons. The summed E-state index contributed by atoms with van der Waals surface area (Å²) in [7, 11) is 0. The van der Waals surface area contributed by atoms with Crippen LogP contribution in [0.2, 0.25) is 0 Å². The van der Waals surface area contributed by atoms with Crippen LogP contribution < -0.4 is 5.32 Å². The van der Waals surface area contributed by atoms with Gasteiger partial charge in [-0.15, -0.1) is 0 Å². The molecule has 0 aliphatic rings. The lowest BCUT2D eigenvalue weighted by Crippen LogP contribution is -2.03. The van der Waals surface area contributed by atoms with Crippen molar-refractivity contribution in [3.8, 4) is 0 Å². The molecule has 94 valence electrons. The van der Waals surface area contributed by atoms with Gasteiger partial charge in [-0.2, -0.15) is 0 Å². The molecule has 0 aliphatic heterocycles. The Morgan fingerprint density at radius 2 is 1.89 bits per heavy atom. The molecule has 0 unspecified atom stereocenters. The van der Waals surface area contributed by atoms with Crippen LogP contribution in [0.1, 0.15) is 11.1 Å². The van der Waals surface area contributed by atoms with Gasteiger partial charge in [0.25, 0.3) is 0 Å². The minimum absolute atomic E-state index is 0.00619. The number of aliphatic hydroxyl groups is 1. The van der Waals surface area contributed by atoms with Crippen molar-refractivity contribution in [2.24, 2.45) is 0 Å². The van der Waals surface area contributed by atoms with E-state index in [2.05, 4.69) is 21.2 Å². The summed E-state index contributed by atoms with van der Waals surface area (Å²) in [5.41, 5.74) is 2.69. The number of hydrogen-bond donors (Lipinski definition) is 2. The molecule has 0 saturated carbocycles. The second kappa shape index (κ2) is 5.98. The molecule has 0 atom stereocenters. The van der Waals surface area contributed by atoms with Crippen LogP contribution in [0, 0.1) is 5.82 Å². The first-order chi connectivity index (χ1) is 8.70. The van der Waals surface area contributed by atoms with Crippen LogP contribution in [-0.2, 0) is 13.2 Å². The van der Waals surface area contributed by atoms with Gasteiger partial charge in [-0.3, -0.25) is 0 Å². The van der Waals surface area contributed by atoms with E-state index in [-0.39, 0.29) is 12.4 Å². The molecule has 0 saturated heterocycles. The van der Waals surface area contributed by atoms with Gasteiger partial charge in [0.15, 0.2) is 0 Å². The lowest BCUT2D eigenvalue weighted by molar-refractivity contribution is 0.282. The van der Waals surface area contributed by atoms with Crippen molar-refractivity contribution < 1.29 is 9.50 Å². The number of rotatable bonds is 4. The zero-order valence-electron chi connectivity index (χ0n) is 9.66. The van der Waals surface area contributed by atoms with Gasteiger partial charge in [-0.1, -0.05) is 40.2 Å². The van der Waals surface area contributed by atoms with Crippen LogP contribution in [0.5, 0.6) is 0 Å². The van der Waals surface area contributed by atoms with Crippen LogP contribution in [0.25, 0.3) is 0 Å². The van der Waals surface area contributed by atoms with Crippen molar-refractivity contribution in [1.82, 2.24) is 0 Å². The van der Waals surface area contributed by atoms with Gasteiger partial charge in [-0.05, 0) is 23.8 Å². The molecule has 0 aromatic heterocycles. The molecule has 0 amide bonds. The number of aliphatic hydroxyl groups excluding tert-OH is 1. The van der Waals surface area contributed by atoms with Gasteiger partial charge in [-0.25, -0.2) is 4.39 Å². The summed E-state index contributed by atoms with van der Waals surface area (Å²) in [5.74, 6) is -0.263. The summed E-state index contributed by atoms with van der Waals surface area (Å²) in [5, 5.41) is 12.4. The summed E-state index contributed by atoms with van der Waals surface area (Å²) >= 11 is 3.33. The van der Waals surface area contributed by atoms with Crippen LogP contribution in [-0.4, -0.2) is 5.11 Å². The fourth-order valence-electron chi connectivity index (χ4n) is 1.69. The molecule has 0 fully saturated rings. The molecule has 2 aromatic rings. The van der Waals surface area contributed by atoms with Crippen molar-refractivity contribution in [3.63, 3.8) is 0 Å². The number of nitrogens with one attached hydrogen (secondary N) is 1. The summed E-state index contributed by atoms with van der Waals surface area (Å²) in [6, 6.07) is 12.2. The van der Waals surface area contributed by atoms with Crippen LogP contribution in [0.15, 0.2) is 46.9 Å². The Kier molecular flexibility index (Phi) is 4.33. The number of para-hydroxylation sites is 1. The van der Waals surface area contributed by atoms with Gasteiger partial charge in [0.1, 0.15) is 5.82 Å². The average molecular weight is 310 g/mol. The molecule has 0 bridgehead atoms. The highest BCUT2D eigenvalue weighted by Crippen LogP contribution is 2.21. The van der Waals surface area contributed by atoms with E-state index in [1.54, 1.807) is 6.07 Å². The van der Waals surface area contributed by atoms with Gasteiger partial charge in [0.05, 0.1) is 6.61 Å². The zero-order chi connectivity index (χ0) is 13.0. The van der Waals surface area contributed by atoms with E-state index in [4.69, 9.17) is 0 Å². The van der Waals surface area contributed by atoms with E-state index in [0.717, 1.165) is 21.3 Å². The highest BCUT2D eigenvalue weighted by molar-refractivity contribution is 9.10. The molecular weight excluding hydrogens is 297 g/mol. The predicted octanol–water partition coefficient (Wildman–Crippen LogP) is 3.69. The first-order valence-electron chi connectivity index (χ1n) is 5.57. The van der Waals surface area contributed by atoms with Crippen molar-refractivity contribution in [1.29, 1.82) is 0 Å². The molecule has 0 heterocycles. The molecule has 2 nitrogen and oxygen atoms in total. The Morgan fingerprint density at radius 1 is 1.11 bits per heavy atom.